The first kappa shape index (κ1) is 26.6. The molecule has 0 saturated carbocycles. The molecule has 0 aromatic heterocycles. The molecular formula is C21H38O10. The molecule has 0 spiro atoms. The van der Waals surface area contributed by atoms with E-state index < -0.39 is 55.3 Å². The Morgan fingerprint density at radius 1 is 0.903 bits per heavy atom. The number of hydrogen-bond donors (Lipinski definition) is 6. The molecule has 0 unspecified atom stereocenters. The second-order valence-corrected chi connectivity index (χ2v) is 8.72. The highest BCUT2D eigenvalue weighted by molar-refractivity contribution is 4.93. The Labute approximate surface area is 183 Å². The molecule has 10 heteroatoms. The molecule has 2 aliphatic heterocycles. The summed E-state index contributed by atoms with van der Waals surface area (Å²) in [6.45, 7) is 6.01. The molecule has 0 amide bonds. The highest BCUT2D eigenvalue weighted by atomic mass is 16.7. The van der Waals surface area contributed by atoms with Gasteiger partial charge in [-0.15, -0.1) is 0 Å². The minimum atomic E-state index is -1.51. The van der Waals surface area contributed by atoms with Crippen molar-refractivity contribution in [1.82, 2.24) is 0 Å². The molecular weight excluding hydrogens is 412 g/mol. The van der Waals surface area contributed by atoms with E-state index in [0.717, 1.165) is 19.3 Å². The Morgan fingerprint density at radius 3 is 2.26 bits per heavy atom. The number of aliphatic hydroxyl groups excluding tert-OH is 6. The molecule has 2 heterocycles. The predicted molar refractivity (Wildman–Crippen MR) is 109 cm³/mol. The number of ether oxygens (including phenoxy) is 4. The van der Waals surface area contributed by atoms with Gasteiger partial charge in [0.15, 0.2) is 12.6 Å². The van der Waals surface area contributed by atoms with Crippen LogP contribution in [0, 0.1) is 5.92 Å². The largest absolute Gasteiger partial charge is 0.388 e. The fraction of sp³-hybridized carbons (Fsp3) is 0.905. The van der Waals surface area contributed by atoms with Crippen LogP contribution in [-0.4, -0.2) is 106 Å². The minimum Gasteiger partial charge on any atom is -0.388 e. The highest BCUT2D eigenvalue weighted by Gasteiger charge is 2.45. The summed E-state index contributed by atoms with van der Waals surface area (Å²) < 4.78 is 21.7. The lowest BCUT2D eigenvalue weighted by Crippen LogP contribution is -2.60. The van der Waals surface area contributed by atoms with Gasteiger partial charge in [0, 0.05) is 0 Å². The first-order valence-corrected chi connectivity index (χ1v) is 10.8. The molecule has 2 fully saturated rings. The van der Waals surface area contributed by atoms with Gasteiger partial charge >= 0.3 is 0 Å². The van der Waals surface area contributed by atoms with E-state index >= 15 is 0 Å². The van der Waals surface area contributed by atoms with Gasteiger partial charge in [-0.1, -0.05) is 18.6 Å². The smallest absolute Gasteiger partial charge is 0.186 e. The molecule has 10 nitrogen and oxygen atoms in total. The highest BCUT2D eigenvalue weighted by Crippen LogP contribution is 2.25. The van der Waals surface area contributed by atoms with E-state index in [2.05, 4.69) is 26.8 Å². The third kappa shape index (κ3) is 7.71. The quantitative estimate of drug-likeness (QED) is 0.229. The summed E-state index contributed by atoms with van der Waals surface area (Å²) in [5.41, 5.74) is 1.28. The molecule has 2 saturated heterocycles. The fourth-order valence-corrected chi connectivity index (χ4v) is 3.49. The van der Waals surface area contributed by atoms with Crippen molar-refractivity contribution < 1.29 is 49.6 Å². The Morgan fingerprint density at radius 2 is 1.58 bits per heavy atom. The fourth-order valence-electron chi connectivity index (χ4n) is 3.49. The van der Waals surface area contributed by atoms with E-state index in [9.17, 15) is 30.6 Å². The molecule has 10 atom stereocenters. The van der Waals surface area contributed by atoms with Gasteiger partial charge in [0.1, 0.15) is 42.7 Å². The van der Waals surface area contributed by atoms with Gasteiger partial charge in [0.2, 0.25) is 0 Å². The molecule has 0 aliphatic carbocycles. The topological polar surface area (TPSA) is 158 Å². The van der Waals surface area contributed by atoms with E-state index in [1.54, 1.807) is 0 Å². The summed E-state index contributed by atoms with van der Waals surface area (Å²) in [6.07, 6.45) is -7.07. The van der Waals surface area contributed by atoms with Crippen LogP contribution in [0.1, 0.15) is 40.0 Å². The second kappa shape index (κ2) is 12.5. The zero-order valence-corrected chi connectivity index (χ0v) is 18.4. The lowest BCUT2D eigenvalue weighted by molar-refractivity contribution is -0.321. The van der Waals surface area contributed by atoms with E-state index in [1.807, 2.05) is 0 Å². The van der Waals surface area contributed by atoms with Crippen LogP contribution >= 0.6 is 0 Å². The van der Waals surface area contributed by atoms with Crippen molar-refractivity contribution in [1.29, 1.82) is 0 Å². The summed E-state index contributed by atoms with van der Waals surface area (Å²) in [7, 11) is 0. The average molecular weight is 451 g/mol. The van der Waals surface area contributed by atoms with Crippen LogP contribution in [0.4, 0.5) is 0 Å². The zero-order valence-electron chi connectivity index (χ0n) is 18.4. The third-order valence-corrected chi connectivity index (χ3v) is 5.65. The van der Waals surface area contributed by atoms with Crippen molar-refractivity contribution in [2.45, 2.75) is 95.3 Å². The van der Waals surface area contributed by atoms with Crippen LogP contribution < -0.4 is 0 Å². The standard InChI is InChI=1S/C21H38O10/c1-11(2)5-4-6-12(3)7-8-28-21-19(27)17(25)16(24)14(31-21)10-30-20-18(26)15(23)13(22)9-29-20/h5,12-27H,4,6-10H2,1-3H3/t12-,13-,14+,15-,16+,17-,18+,19+,20-,21+/m0/s1. The Hall–Kier alpha value is -0.660. The molecule has 31 heavy (non-hydrogen) atoms. The number of aliphatic hydroxyl groups is 6. The molecule has 182 valence electrons. The molecule has 0 aromatic carbocycles. The van der Waals surface area contributed by atoms with E-state index in [4.69, 9.17) is 18.9 Å². The second-order valence-electron chi connectivity index (χ2n) is 8.72. The van der Waals surface area contributed by atoms with E-state index in [0.29, 0.717) is 12.5 Å². The lowest BCUT2D eigenvalue weighted by Gasteiger charge is -2.41. The Kier molecular flexibility index (Phi) is 10.8. The molecule has 6 N–H and O–H groups in total. The normalized spacial score (nSPS) is 39.8. The predicted octanol–water partition coefficient (Wildman–Crippen LogP) is -0.961. The van der Waals surface area contributed by atoms with Gasteiger partial charge in [0.05, 0.1) is 19.8 Å². The molecule has 2 aliphatic rings. The van der Waals surface area contributed by atoms with E-state index in [1.165, 1.54) is 5.57 Å². The molecule has 0 radical (unpaired) electrons. The van der Waals surface area contributed by atoms with Crippen molar-refractivity contribution in [3.8, 4) is 0 Å². The summed E-state index contributed by atoms with van der Waals surface area (Å²) in [5.74, 6) is 0.401. The van der Waals surface area contributed by atoms with Gasteiger partial charge in [-0.05, 0) is 39.0 Å². The first-order valence-electron chi connectivity index (χ1n) is 10.8. The Bertz CT molecular complexity index is 554. The van der Waals surface area contributed by atoms with Gasteiger partial charge in [-0.2, -0.15) is 0 Å². The first-order chi connectivity index (χ1) is 14.6. The van der Waals surface area contributed by atoms with E-state index in [-0.39, 0.29) is 13.2 Å². The summed E-state index contributed by atoms with van der Waals surface area (Å²) >= 11 is 0. The number of allylic oxidation sites excluding steroid dienone is 2. The van der Waals surface area contributed by atoms with Gasteiger partial charge in [0.25, 0.3) is 0 Å². The van der Waals surface area contributed by atoms with Gasteiger partial charge in [-0.25, -0.2) is 0 Å². The van der Waals surface area contributed by atoms with Gasteiger partial charge in [-0.3, -0.25) is 0 Å². The summed E-state index contributed by atoms with van der Waals surface area (Å²) in [6, 6.07) is 0. The SMILES string of the molecule is CC(C)=CCC[C@H](C)CCO[C@@H]1O[C@H](CO[C@@H]2OC[C@H](O)[C@H](O)[C@H]2O)[C@@H](O)[C@H](O)[C@H]1O. The van der Waals surface area contributed by atoms with Crippen molar-refractivity contribution in [3.63, 3.8) is 0 Å². The van der Waals surface area contributed by atoms with Crippen LogP contribution in [0.15, 0.2) is 11.6 Å². The number of hydrogen-bond acceptors (Lipinski definition) is 10. The molecule has 2 rings (SSSR count). The maximum atomic E-state index is 10.2. The van der Waals surface area contributed by atoms with Crippen LogP contribution in [0.25, 0.3) is 0 Å². The zero-order chi connectivity index (χ0) is 23.1. The minimum absolute atomic E-state index is 0.226. The number of rotatable bonds is 10. The average Bonchev–Trinajstić information content (AvgIpc) is 2.72. The monoisotopic (exact) mass is 450 g/mol. The maximum absolute atomic E-state index is 10.2. The van der Waals surface area contributed by atoms with Crippen molar-refractivity contribution in [3.05, 3.63) is 11.6 Å². The molecule has 0 bridgehead atoms. The van der Waals surface area contributed by atoms with Crippen LogP contribution in [-0.2, 0) is 18.9 Å². The van der Waals surface area contributed by atoms with Crippen molar-refractivity contribution in [2.75, 3.05) is 19.8 Å². The summed E-state index contributed by atoms with van der Waals surface area (Å²) in [5, 5.41) is 59.7. The Balaban J connectivity index is 1.81. The summed E-state index contributed by atoms with van der Waals surface area (Å²) in [4.78, 5) is 0. The molecule has 0 aromatic rings. The van der Waals surface area contributed by atoms with Crippen LogP contribution in [0.3, 0.4) is 0 Å². The van der Waals surface area contributed by atoms with Crippen molar-refractivity contribution >= 4 is 0 Å². The van der Waals surface area contributed by atoms with Gasteiger partial charge < -0.3 is 49.6 Å². The van der Waals surface area contributed by atoms with Crippen LogP contribution in [0.2, 0.25) is 0 Å². The third-order valence-electron chi connectivity index (χ3n) is 5.65. The maximum Gasteiger partial charge on any atom is 0.186 e. The van der Waals surface area contributed by atoms with Crippen molar-refractivity contribution in [2.24, 2.45) is 5.92 Å². The van der Waals surface area contributed by atoms with Crippen LogP contribution in [0.5, 0.6) is 0 Å². The lowest BCUT2D eigenvalue weighted by atomic mass is 9.99.